The number of aromatic nitrogens is 4. The lowest BCUT2D eigenvalue weighted by Gasteiger charge is -2.19. The van der Waals surface area contributed by atoms with Gasteiger partial charge < -0.3 is 30.1 Å². The van der Waals surface area contributed by atoms with Gasteiger partial charge in [0.1, 0.15) is 30.2 Å². The molecular weight excluding hydrogens is 345 g/mol. The van der Waals surface area contributed by atoms with Crippen LogP contribution in [-0.2, 0) is 18.6 Å². The van der Waals surface area contributed by atoms with Crippen molar-refractivity contribution in [2.45, 2.75) is 24.5 Å². The Morgan fingerprint density at radius 2 is 2.17 bits per heavy atom. The van der Waals surface area contributed by atoms with E-state index in [9.17, 15) is 9.67 Å². The molecule has 3 rings (SSSR count). The van der Waals surface area contributed by atoms with Crippen molar-refractivity contribution in [3.63, 3.8) is 0 Å². The molecule has 0 radical (unpaired) electrons. The predicted molar refractivity (Wildman–Crippen MR) is 78.4 cm³/mol. The molecule has 0 aliphatic carbocycles. The van der Waals surface area contributed by atoms with Crippen LogP contribution in [0.3, 0.4) is 0 Å². The van der Waals surface area contributed by atoms with E-state index in [0.717, 1.165) is 0 Å². The number of ether oxygens (including phenoxy) is 2. The van der Waals surface area contributed by atoms with E-state index in [1.165, 1.54) is 24.3 Å². The molecular formula is C11H16N5O7P. The highest BCUT2D eigenvalue weighted by atomic mass is 31.2. The van der Waals surface area contributed by atoms with Crippen LogP contribution in [-0.4, -0.2) is 66.4 Å². The summed E-state index contributed by atoms with van der Waals surface area (Å²) in [5.41, 5.74) is 6.47. The highest BCUT2D eigenvalue weighted by molar-refractivity contribution is 7.46. The fraction of sp³-hybridized carbons (Fsp3) is 0.545. The van der Waals surface area contributed by atoms with E-state index in [1.54, 1.807) is 0 Å². The van der Waals surface area contributed by atoms with Crippen molar-refractivity contribution in [3.8, 4) is 0 Å². The second-order valence-electron chi connectivity index (χ2n) is 5.13. The highest BCUT2D eigenvalue weighted by Gasteiger charge is 2.46. The number of nitrogen functional groups attached to an aromatic ring is 1. The maximum Gasteiger partial charge on any atom is 0.469 e. The summed E-state index contributed by atoms with van der Waals surface area (Å²) in [5, 5.41) is 10.3. The van der Waals surface area contributed by atoms with Crippen LogP contribution in [0.5, 0.6) is 0 Å². The minimum absolute atomic E-state index is 0.188. The summed E-state index contributed by atoms with van der Waals surface area (Å²) in [7, 11) is -3.31. The smallest absolute Gasteiger partial charge is 0.387 e. The van der Waals surface area contributed by atoms with Crippen molar-refractivity contribution < 1.29 is 33.5 Å². The van der Waals surface area contributed by atoms with E-state index in [0.29, 0.717) is 11.2 Å². The lowest BCUT2D eigenvalue weighted by Crippen LogP contribution is -2.35. The highest BCUT2D eigenvalue weighted by Crippen LogP contribution is 2.39. The molecule has 2 aromatic rings. The minimum atomic E-state index is -4.69. The number of nitrogens with two attached hydrogens (primary N) is 1. The van der Waals surface area contributed by atoms with Gasteiger partial charge in [-0.3, -0.25) is 9.09 Å². The summed E-state index contributed by atoms with van der Waals surface area (Å²) in [6, 6.07) is 0. The second kappa shape index (κ2) is 6.33. The molecule has 12 nitrogen and oxygen atoms in total. The Morgan fingerprint density at radius 3 is 2.83 bits per heavy atom. The molecule has 4 atom stereocenters. The van der Waals surface area contributed by atoms with Crippen LogP contribution in [0.2, 0.25) is 0 Å². The van der Waals surface area contributed by atoms with Gasteiger partial charge in [-0.2, -0.15) is 0 Å². The van der Waals surface area contributed by atoms with Crippen LogP contribution >= 0.6 is 7.82 Å². The Hall–Kier alpha value is -1.66. The van der Waals surface area contributed by atoms with Crippen LogP contribution in [0.15, 0.2) is 12.7 Å². The molecule has 0 saturated carbocycles. The first-order chi connectivity index (χ1) is 11.3. The number of aliphatic hydroxyl groups excluding tert-OH is 1. The molecule has 1 saturated heterocycles. The van der Waals surface area contributed by atoms with Crippen molar-refractivity contribution in [3.05, 3.63) is 12.7 Å². The summed E-state index contributed by atoms with van der Waals surface area (Å²) in [4.78, 5) is 29.6. The quantitative estimate of drug-likeness (QED) is 0.470. The molecule has 24 heavy (non-hydrogen) atoms. The average molecular weight is 361 g/mol. The Labute approximate surface area is 135 Å². The largest absolute Gasteiger partial charge is 0.469 e. The number of aliphatic hydroxyl groups is 1. The second-order valence-corrected chi connectivity index (χ2v) is 6.36. The van der Waals surface area contributed by atoms with Gasteiger partial charge in [0.2, 0.25) is 0 Å². The average Bonchev–Trinajstić information content (AvgIpc) is 3.06. The van der Waals surface area contributed by atoms with E-state index in [1.807, 2.05) is 0 Å². The molecule has 0 spiro atoms. The minimum Gasteiger partial charge on any atom is -0.387 e. The van der Waals surface area contributed by atoms with Gasteiger partial charge in [-0.1, -0.05) is 0 Å². The first kappa shape index (κ1) is 17.2. The molecule has 1 fully saturated rings. The van der Waals surface area contributed by atoms with Gasteiger partial charge in [0.05, 0.1) is 12.9 Å². The molecule has 0 bridgehead atoms. The molecule has 1 aliphatic rings. The van der Waals surface area contributed by atoms with E-state index in [-0.39, 0.29) is 5.82 Å². The maximum absolute atomic E-state index is 10.8. The number of phosphoric acid groups is 1. The third kappa shape index (κ3) is 3.13. The van der Waals surface area contributed by atoms with Gasteiger partial charge in [-0.05, 0) is 0 Å². The zero-order valence-corrected chi connectivity index (χ0v) is 13.4. The summed E-state index contributed by atoms with van der Waals surface area (Å²) in [6.07, 6.45) is -1.19. The predicted octanol–water partition coefficient (Wildman–Crippen LogP) is -1.21. The number of hydrogen-bond acceptors (Lipinski definition) is 9. The lowest BCUT2D eigenvalue weighted by molar-refractivity contribution is -0.0578. The van der Waals surface area contributed by atoms with E-state index in [4.69, 9.17) is 25.0 Å². The SMILES string of the molecule is CO[C@H]1C(O)[C@@H](COP(=O)(O)O)O[C@H]1n1cnc2c(N)ncnc21. The van der Waals surface area contributed by atoms with Gasteiger partial charge in [-0.25, -0.2) is 19.5 Å². The first-order valence-electron chi connectivity index (χ1n) is 6.81. The Bertz CT molecular complexity index is 779. The lowest BCUT2D eigenvalue weighted by atomic mass is 10.1. The summed E-state index contributed by atoms with van der Waals surface area (Å²) in [6.45, 7) is -0.508. The molecule has 0 aromatic carbocycles. The summed E-state index contributed by atoms with van der Waals surface area (Å²) < 4.78 is 27.6. The number of phosphoric ester groups is 1. The van der Waals surface area contributed by atoms with Gasteiger partial charge in [0.15, 0.2) is 17.7 Å². The van der Waals surface area contributed by atoms with Crippen molar-refractivity contribution in [1.29, 1.82) is 0 Å². The number of fused-ring (bicyclic) bond motifs is 1. The van der Waals surface area contributed by atoms with Crippen molar-refractivity contribution in [2.75, 3.05) is 19.5 Å². The van der Waals surface area contributed by atoms with Crippen LogP contribution in [0.25, 0.3) is 11.2 Å². The van der Waals surface area contributed by atoms with Gasteiger partial charge in [0.25, 0.3) is 0 Å². The van der Waals surface area contributed by atoms with Gasteiger partial charge in [-0.15, -0.1) is 0 Å². The fourth-order valence-electron chi connectivity index (χ4n) is 2.56. The van der Waals surface area contributed by atoms with Crippen molar-refractivity contribution in [2.24, 2.45) is 0 Å². The Kier molecular flexibility index (Phi) is 4.53. The van der Waals surface area contributed by atoms with E-state index in [2.05, 4.69) is 19.5 Å². The molecule has 2 aromatic heterocycles. The van der Waals surface area contributed by atoms with Gasteiger partial charge >= 0.3 is 7.82 Å². The molecule has 3 heterocycles. The van der Waals surface area contributed by atoms with Crippen molar-refractivity contribution >= 4 is 24.8 Å². The molecule has 0 amide bonds. The summed E-state index contributed by atoms with van der Waals surface area (Å²) in [5.74, 6) is 0.188. The fourth-order valence-corrected chi connectivity index (χ4v) is 2.90. The van der Waals surface area contributed by atoms with E-state index < -0.39 is 39.0 Å². The van der Waals surface area contributed by atoms with E-state index >= 15 is 0 Å². The standard InChI is InChI=1S/C11H16N5O7P/c1-21-8-7(17)5(2-22-24(18,19)20)23-11(8)16-4-15-6-9(12)13-3-14-10(6)16/h3-5,7-8,11,17H,2H2,1H3,(H2,12,13,14)(H2,18,19,20)/t5-,7?,8+,11-/m1/s1. The first-order valence-corrected chi connectivity index (χ1v) is 8.34. The van der Waals surface area contributed by atoms with Gasteiger partial charge in [0, 0.05) is 7.11 Å². The van der Waals surface area contributed by atoms with Crippen LogP contribution in [0.4, 0.5) is 5.82 Å². The normalized spacial score (nSPS) is 27.8. The number of anilines is 1. The maximum atomic E-state index is 10.8. The topological polar surface area (TPSA) is 175 Å². The zero-order valence-electron chi connectivity index (χ0n) is 12.5. The number of hydrogen-bond donors (Lipinski definition) is 4. The van der Waals surface area contributed by atoms with Crippen molar-refractivity contribution in [1.82, 2.24) is 19.5 Å². The number of nitrogens with zero attached hydrogens (tertiary/aromatic N) is 4. The third-order valence-corrected chi connectivity index (χ3v) is 4.14. The molecule has 5 N–H and O–H groups in total. The number of methoxy groups -OCH3 is 1. The molecule has 13 heteroatoms. The monoisotopic (exact) mass is 361 g/mol. The zero-order chi connectivity index (χ0) is 17.5. The number of imidazole rings is 1. The molecule has 132 valence electrons. The van der Waals surface area contributed by atoms with Crippen LogP contribution in [0, 0.1) is 0 Å². The third-order valence-electron chi connectivity index (χ3n) is 3.65. The van der Waals surface area contributed by atoms with Crippen LogP contribution in [0.1, 0.15) is 6.23 Å². The molecule has 1 unspecified atom stereocenters. The summed E-state index contributed by atoms with van der Waals surface area (Å²) >= 11 is 0. The number of rotatable bonds is 5. The Balaban J connectivity index is 1.89. The van der Waals surface area contributed by atoms with Crippen LogP contribution < -0.4 is 5.73 Å². The molecule has 1 aliphatic heterocycles. The Morgan fingerprint density at radius 1 is 1.42 bits per heavy atom.